The molecule has 3 amide bonds. The third kappa shape index (κ3) is 6.57. The number of nitrogens with one attached hydrogen (secondary N) is 2. The van der Waals surface area contributed by atoms with Crippen LogP contribution >= 0.6 is 0 Å². The normalized spacial score (nSPS) is 31.7. The molecule has 15 nitrogen and oxygen atoms in total. The molecule has 1 aromatic carbocycles. The van der Waals surface area contributed by atoms with Crippen molar-refractivity contribution in [1.29, 1.82) is 0 Å². The number of rotatable bonds is 6. The molecule has 0 unspecified atom stereocenters. The second-order valence-electron chi connectivity index (χ2n) is 11.9. The average molecular weight is 632 g/mol. The number of aliphatic hydroxyl groups is 3. The van der Waals surface area contributed by atoms with Crippen LogP contribution in [-0.4, -0.2) is 146 Å². The SMILES string of the molecule is O=C1NC[C@@H]2O[C@H](C(=O)N(CCNC3CCOCC3)CC(=O)N3CC[C@@H](n4cc(-c5ccc(F)cc5)nn4)[C@@H]13)[C@H](O)[C@H](O)[C@H]2O. The number of carbonyl (C=O) groups is 3. The van der Waals surface area contributed by atoms with Gasteiger partial charge in [-0.05, 0) is 43.5 Å². The Balaban J connectivity index is 1.26. The van der Waals surface area contributed by atoms with E-state index >= 15 is 0 Å². The first-order chi connectivity index (χ1) is 21.7. The van der Waals surface area contributed by atoms with Gasteiger partial charge >= 0.3 is 0 Å². The van der Waals surface area contributed by atoms with Crippen LogP contribution in [0.2, 0.25) is 0 Å². The van der Waals surface area contributed by atoms with E-state index in [1.165, 1.54) is 26.6 Å². The number of halogens is 1. The zero-order valence-electron chi connectivity index (χ0n) is 24.6. The topological polar surface area (TPSA) is 192 Å². The lowest BCUT2D eigenvalue weighted by Crippen LogP contribution is -2.65. The monoisotopic (exact) mass is 631 g/mol. The molecule has 2 bridgehead atoms. The number of fused-ring (bicyclic) bond motifs is 3. The van der Waals surface area contributed by atoms with Gasteiger partial charge in [-0.15, -0.1) is 5.10 Å². The minimum Gasteiger partial charge on any atom is -0.388 e. The van der Waals surface area contributed by atoms with Crippen molar-refractivity contribution in [3.63, 3.8) is 0 Å². The second kappa shape index (κ2) is 13.4. The van der Waals surface area contributed by atoms with Gasteiger partial charge in [0.2, 0.25) is 11.8 Å². The Morgan fingerprint density at radius 1 is 1.02 bits per heavy atom. The van der Waals surface area contributed by atoms with Gasteiger partial charge in [0.15, 0.2) is 6.10 Å². The molecule has 0 aliphatic carbocycles. The molecule has 4 aliphatic rings. The van der Waals surface area contributed by atoms with E-state index in [2.05, 4.69) is 20.9 Å². The van der Waals surface area contributed by atoms with E-state index in [4.69, 9.17) is 9.47 Å². The van der Waals surface area contributed by atoms with Gasteiger partial charge in [-0.25, -0.2) is 9.07 Å². The molecule has 0 radical (unpaired) electrons. The zero-order valence-corrected chi connectivity index (χ0v) is 24.6. The number of nitrogens with zero attached hydrogens (tertiary/aromatic N) is 5. The number of aliphatic hydroxyl groups excluding tert-OH is 3. The van der Waals surface area contributed by atoms with E-state index in [0.29, 0.717) is 37.4 Å². The van der Waals surface area contributed by atoms with Crippen molar-refractivity contribution in [2.24, 2.45) is 0 Å². The van der Waals surface area contributed by atoms with Gasteiger partial charge in [-0.2, -0.15) is 0 Å². The molecule has 5 N–H and O–H groups in total. The highest BCUT2D eigenvalue weighted by Crippen LogP contribution is 2.31. The summed E-state index contributed by atoms with van der Waals surface area (Å²) >= 11 is 0. The maximum absolute atomic E-state index is 13.8. The number of ether oxygens (including phenoxy) is 2. The lowest BCUT2D eigenvalue weighted by molar-refractivity contribution is -0.223. The minimum atomic E-state index is -1.74. The van der Waals surface area contributed by atoms with Crippen LogP contribution in [0.15, 0.2) is 30.5 Å². The minimum absolute atomic E-state index is 0.0933. The molecule has 2 aromatic rings. The highest BCUT2D eigenvalue weighted by molar-refractivity contribution is 5.92. The first-order valence-electron chi connectivity index (χ1n) is 15.3. The molecule has 1 aromatic heterocycles. The molecule has 7 atom stereocenters. The standard InChI is InChI=1S/C29H38FN7O8/c30-17-3-1-16(2-4-17)19-14-37(34-33-19)20-5-9-36-22(38)15-35(10-8-31-18-6-11-44-12-7-18)29(43)27-26(41)25(40)24(39)21(45-27)13-32-28(42)23(20)36/h1-4,14,18,20-21,23-27,31,39-41H,5-13,15H2,(H,32,42)/t20-,21+,23+,24+,25-,26-,27+/m1/s1. The fourth-order valence-electron chi connectivity index (χ4n) is 6.48. The van der Waals surface area contributed by atoms with Crippen LogP contribution in [0.25, 0.3) is 11.3 Å². The van der Waals surface area contributed by atoms with Crippen molar-refractivity contribution in [1.82, 2.24) is 35.4 Å². The van der Waals surface area contributed by atoms with Crippen molar-refractivity contribution >= 4 is 17.7 Å². The molecule has 45 heavy (non-hydrogen) atoms. The van der Waals surface area contributed by atoms with Gasteiger partial charge in [0, 0.05) is 51.0 Å². The van der Waals surface area contributed by atoms with Crippen LogP contribution in [-0.2, 0) is 23.9 Å². The maximum Gasteiger partial charge on any atom is 0.255 e. The summed E-state index contributed by atoms with van der Waals surface area (Å²) in [5.41, 5.74) is 1.08. The quantitative estimate of drug-likeness (QED) is 0.233. The van der Waals surface area contributed by atoms with E-state index in [1.54, 1.807) is 18.3 Å². The summed E-state index contributed by atoms with van der Waals surface area (Å²) in [5.74, 6) is -2.13. The van der Waals surface area contributed by atoms with Crippen molar-refractivity contribution in [2.45, 2.75) is 67.9 Å². The van der Waals surface area contributed by atoms with E-state index in [1.807, 2.05) is 0 Å². The molecule has 244 valence electrons. The van der Waals surface area contributed by atoms with E-state index in [0.717, 1.165) is 12.8 Å². The predicted molar refractivity (Wildman–Crippen MR) is 153 cm³/mol. The van der Waals surface area contributed by atoms with Crippen LogP contribution in [0.5, 0.6) is 0 Å². The Morgan fingerprint density at radius 3 is 2.53 bits per heavy atom. The van der Waals surface area contributed by atoms with Crippen LogP contribution in [0, 0.1) is 5.82 Å². The second-order valence-corrected chi connectivity index (χ2v) is 11.9. The molecule has 16 heteroatoms. The third-order valence-electron chi connectivity index (χ3n) is 9.05. The lowest BCUT2D eigenvalue weighted by atomic mass is 9.93. The van der Waals surface area contributed by atoms with Gasteiger partial charge in [0.25, 0.3) is 5.91 Å². The molecular weight excluding hydrogens is 593 g/mol. The Bertz CT molecular complexity index is 1370. The Hall–Kier alpha value is -3.54. The largest absolute Gasteiger partial charge is 0.388 e. The maximum atomic E-state index is 13.8. The summed E-state index contributed by atoms with van der Waals surface area (Å²) in [6.07, 6.45) is -4.20. The van der Waals surface area contributed by atoms with Crippen molar-refractivity contribution in [3.8, 4) is 11.3 Å². The lowest BCUT2D eigenvalue weighted by Gasteiger charge is -2.42. The molecule has 0 saturated carbocycles. The number of aromatic nitrogens is 3. The molecule has 0 spiro atoms. The summed E-state index contributed by atoms with van der Waals surface area (Å²) < 4.78 is 26.1. The van der Waals surface area contributed by atoms with Crippen LogP contribution in [0.4, 0.5) is 4.39 Å². The molecular formula is C29H38FN7O8. The molecule has 4 fully saturated rings. The zero-order chi connectivity index (χ0) is 31.7. The highest BCUT2D eigenvalue weighted by Gasteiger charge is 2.50. The van der Waals surface area contributed by atoms with Crippen LogP contribution in [0.1, 0.15) is 25.3 Å². The fraction of sp³-hybridized carbons (Fsp3) is 0.621. The smallest absolute Gasteiger partial charge is 0.255 e. The van der Waals surface area contributed by atoms with Gasteiger partial charge in [-0.3, -0.25) is 14.4 Å². The van der Waals surface area contributed by atoms with Crippen molar-refractivity contribution in [3.05, 3.63) is 36.3 Å². The fourth-order valence-corrected chi connectivity index (χ4v) is 6.48. The third-order valence-corrected chi connectivity index (χ3v) is 9.05. The highest BCUT2D eigenvalue weighted by atomic mass is 19.1. The summed E-state index contributed by atoms with van der Waals surface area (Å²) in [7, 11) is 0. The van der Waals surface area contributed by atoms with Gasteiger partial charge in [-0.1, -0.05) is 5.21 Å². The van der Waals surface area contributed by atoms with E-state index in [-0.39, 0.29) is 25.7 Å². The number of hydrogen-bond acceptors (Lipinski definition) is 11. The Labute approximate surface area is 258 Å². The number of hydrogen-bond donors (Lipinski definition) is 5. The molecule has 4 saturated heterocycles. The molecule has 6 rings (SSSR count). The summed E-state index contributed by atoms with van der Waals surface area (Å²) in [5, 5.41) is 46.4. The number of carbonyl (C=O) groups excluding carboxylic acids is 3. The number of amides is 3. The first kappa shape index (κ1) is 31.4. The summed E-state index contributed by atoms with van der Waals surface area (Å²) in [4.78, 5) is 44.0. The Kier molecular flexibility index (Phi) is 9.39. The summed E-state index contributed by atoms with van der Waals surface area (Å²) in [6, 6.07) is 4.27. The molecule has 5 heterocycles. The average Bonchev–Trinajstić information content (AvgIpc) is 3.71. The van der Waals surface area contributed by atoms with Crippen molar-refractivity contribution in [2.75, 3.05) is 45.9 Å². The summed E-state index contributed by atoms with van der Waals surface area (Å²) in [6.45, 7) is 1.19. The number of benzene rings is 1. The van der Waals surface area contributed by atoms with Gasteiger partial charge < -0.3 is 45.2 Å². The first-order valence-corrected chi connectivity index (χ1v) is 15.3. The molecule has 4 aliphatic heterocycles. The van der Waals surface area contributed by atoms with E-state index in [9.17, 15) is 34.1 Å². The van der Waals surface area contributed by atoms with Crippen LogP contribution in [0.3, 0.4) is 0 Å². The predicted octanol–water partition coefficient (Wildman–Crippen LogP) is -2.20. The van der Waals surface area contributed by atoms with Gasteiger partial charge in [0.1, 0.15) is 42.0 Å². The van der Waals surface area contributed by atoms with Gasteiger partial charge in [0.05, 0.1) is 18.8 Å². The van der Waals surface area contributed by atoms with Crippen LogP contribution < -0.4 is 10.6 Å². The van der Waals surface area contributed by atoms with E-state index < -0.39 is 72.7 Å². The van der Waals surface area contributed by atoms with Crippen molar-refractivity contribution < 1.29 is 43.6 Å². The Morgan fingerprint density at radius 2 is 1.78 bits per heavy atom.